The summed E-state index contributed by atoms with van der Waals surface area (Å²) in [4.78, 5) is 23.5. The van der Waals surface area contributed by atoms with Crippen molar-refractivity contribution < 1.29 is 19.1 Å². The molecule has 4 heteroatoms. The monoisotopic (exact) mass is 328 g/mol. The molecule has 0 aromatic carbocycles. The quantitative estimate of drug-likeness (QED) is 0.225. The normalized spacial score (nSPS) is 10.8. The summed E-state index contributed by atoms with van der Waals surface area (Å²) in [5.41, 5.74) is 0. The molecule has 0 unspecified atom stereocenters. The number of hydrogen-bond donors (Lipinski definition) is 0. The van der Waals surface area contributed by atoms with Crippen LogP contribution in [0.5, 0.6) is 0 Å². The Kier molecular flexibility index (Phi) is 15.1. The Morgan fingerprint density at radius 3 is 1.39 bits per heavy atom. The molecule has 0 bridgehead atoms. The second-order valence-corrected chi connectivity index (χ2v) is 6.15. The number of carbonyl (C=O) groups is 2. The van der Waals surface area contributed by atoms with Crippen molar-refractivity contribution in [2.24, 2.45) is 0 Å². The minimum atomic E-state index is -0.721. The maximum absolute atomic E-state index is 11.7. The molecule has 23 heavy (non-hydrogen) atoms. The van der Waals surface area contributed by atoms with Crippen molar-refractivity contribution in [2.75, 3.05) is 0 Å². The Hall–Kier alpha value is -1.06. The van der Waals surface area contributed by atoms with Gasteiger partial charge in [-0.25, -0.2) is 0 Å². The minimum absolute atomic E-state index is 0.260. The lowest BCUT2D eigenvalue weighted by Crippen LogP contribution is -2.23. The third kappa shape index (κ3) is 14.3. The van der Waals surface area contributed by atoms with Crippen LogP contribution in [-0.2, 0) is 19.1 Å². The molecule has 0 amide bonds. The van der Waals surface area contributed by atoms with E-state index in [0.29, 0.717) is 19.3 Å². The number of ether oxygens (including phenoxy) is 2. The molecule has 0 aromatic heterocycles. The number of carbonyl (C=O) groups excluding carboxylic acids is 2. The fraction of sp³-hybridized carbons (Fsp3) is 0.895. The molecular weight excluding hydrogens is 292 g/mol. The highest BCUT2D eigenvalue weighted by molar-refractivity contribution is 5.71. The van der Waals surface area contributed by atoms with Crippen molar-refractivity contribution in [3.05, 3.63) is 0 Å². The van der Waals surface area contributed by atoms with Crippen molar-refractivity contribution in [1.82, 2.24) is 0 Å². The molecule has 0 radical (unpaired) electrons. The Balaban J connectivity index is 3.77. The van der Waals surface area contributed by atoms with Crippen LogP contribution in [0.3, 0.4) is 0 Å². The largest absolute Gasteiger partial charge is 0.425 e. The number of rotatable bonds is 15. The van der Waals surface area contributed by atoms with Gasteiger partial charge >= 0.3 is 11.9 Å². The van der Waals surface area contributed by atoms with Crippen molar-refractivity contribution in [3.63, 3.8) is 0 Å². The molecule has 0 fully saturated rings. The highest BCUT2D eigenvalue weighted by Crippen LogP contribution is 2.11. The van der Waals surface area contributed by atoms with Crippen LogP contribution in [0.2, 0.25) is 0 Å². The van der Waals surface area contributed by atoms with Gasteiger partial charge in [0.05, 0.1) is 0 Å². The molecule has 0 N–H and O–H groups in total. The van der Waals surface area contributed by atoms with Crippen LogP contribution in [0.15, 0.2) is 0 Å². The molecule has 136 valence electrons. The minimum Gasteiger partial charge on any atom is -0.425 e. The lowest BCUT2D eigenvalue weighted by molar-refractivity contribution is -0.188. The molecule has 0 heterocycles. The van der Waals surface area contributed by atoms with E-state index >= 15 is 0 Å². The predicted octanol–water partition coefficient (Wildman–Crippen LogP) is 5.53. The first-order chi connectivity index (χ1) is 11.1. The maximum atomic E-state index is 11.7. The summed E-state index contributed by atoms with van der Waals surface area (Å²) < 4.78 is 10.5. The van der Waals surface area contributed by atoms with Crippen LogP contribution in [0.1, 0.15) is 104 Å². The second-order valence-electron chi connectivity index (χ2n) is 6.15. The molecule has 0 rings (SSSR count). The van der Waals surface area contributed by atoms with E-state index in [9.17, 15) is 9.59 Å². The van der Waals surface area contributed by atoms with Gasteiger partial charge < -0.3 is 9.47 Å². The van der Waals surface area contributed by atoms with Crippen LogP contribution in [0.4, 0.5) is 0 Å². The van der Waals surface area contributed by atoms with E-state index in [1.54, 1.807) is 0 Å². The Morgan fingerprint density at radius 2 is 1.04 bits per heavy atom. The van der Waals surface area contributed by atoms with E-state index in [4.69, 9.17) is 9.47 Å². The zero-order chi connectivity index (χ0) is 17.3. The number of esters is 2. The first kappa shape index (κ1) is 21.9. The van der Waals surface area contributed by atoms with E-state index in [-0.39, 0.29) is 11.9 Å². The molecule has 0 aliphatic rings. The first-order valence-corrected chi connectivity index (χ1v) is 9.52. The van der Waals surface area contributed by atoms with E-state index < -0.39 is 6.29 Å². The Labute approximate surface area is 142 Å². The highest BCUT2D eigenvalue weighted by atomic mass is 16.7. The van der Waals surface area contributed by atoms with Gasteiger partial charge in [0.25, 0.3) is 0 Å². The zero-order valence-electron chi connectivity index (χ0n) is 15.4. The molecule has 0 aromatic rings. The summed E-state index contributed by atoms with van der Waals surface area (Å²) in [6.07, 6.45) is 11.5. The summed E-state index contributed by atoms with van der Waals surface area (Å²) in [5, 5.41) is 0. The highest BCUT2D eigenvalue weighted by Gasteiger charge is 2.16. The molecule has 0 aliphatic carbocycles. The van der Waals surface area contributed by atoms with Crippen molar-refractivity contribution in [2.45, 2.75) is 111 Å². The molecule has 0 saturated heterocycles. The Bertz CT molecular complexity index is 274. The zero-order valence-corrected chi connectivity index (χ0v) is 15.4. The van der Waals surface area contributed by atoms with E-state index in [1.165, 1.54) is 25.7 Å². The average Bonchev–Trinajstić information content (AvgIpc) is 2.53. The van der Waals surface area contributed by atoms with E-state index in [0.717, 1.165) is 38.5 Å². The van der Waals surface area contributed by atoms with Gasteiger partial charge in [-0.1, -0.05) is 72.1 Å². The van der Waals surface area contributed by atoms with Crippen LogP contribution < -0.4 is 0 Å². The molecule has 0 aliphatic heterocycles. The van der Waals surface area contributed by atoms with E-state index in [2.05, 4.69) is 13.8 Å². The lowest BCUT2D eigenvalue weighted by Gasteiger charge is -2.16. The van der Waals surface area contributed by atoms with Gasteiger partial charge in [0.1, 0.15) is 0 Å². The van der Waals surface area contributed by atoms with Crippen LogP contribution in [0, 0.1) is 0 Å². The van der Waals surface area contributed by atoms with Gasteiger partial charge in [0.15, 0.2) is 0 Å². The summed E-state index contributed by atoms with van der Waals surface area (Å²) in [6, 6.07) is 0. The Morgan fingerprint density at radius 1 is 0.652 bits per heavy atom. The first-order valence-electron chi connectivity index (χ1n) is 9.52. The van der Waals surface area contributed by atoms with Gasteiger partial charge in [-0.05, 0) is 12.8 Å². The topological polar surface area (TPSA) is 52.6 Å². The van der Waals surface area contributed by atoms with Gasteiger partial charge in [0.2, 0.25) is 6.29 Å². The van der Waals surface area contributed by atoms with Gasteiger partial charge in [0, 0.05) is 19.3 Å². The SMILES string of the molecule is CCCCCCCC(=O)OC(CC)OC(=O)CCCCCCC. The smallest absolute Gasteiger partial charge is 0.308 e. The van der Waals surface area contributed by atoms with Gasteiger partial charge in [-0.15, -0.1) is 0 Å². The number of hydrogen-bond acceptors (Lipinski definition) is 4. The van der Waals surface area contributed by atoms with Crippen LogP contribution in [0.25, 0.3) is 0 Å². The second kappa shape index (κ2) is 15.8. The van der Waals surface area contributed by atoms with E-state index in [1.807, 2.05) is 6.92 Å². The van der Waals surface area contributed by atoms with Crippen LogP contribution >= 0.6 is 0 Å². The van der Waals surface area contributed by atoms with Crippen LogP contribution in [-0.4, -0.2) is 18.2 Å². The third-order valence-electron chi connectivity index (χ3n) is 3.83. The molecular formula is C19H36O4. The fourth-order valence-corrected chi connectivity index (χ4v) is 2.35. The molecule has 0 spiro atoms. The molecule has 4 nitrogen and oxygen atoms in total. The summed E-state index contributed by atoms with van der Waals surface area (Å²) in [6.45, 7) is 6.18. The predicted molar refractivity (Wildman–Crippen MR) is 93.0 cm³/mol. The average molecular weight is 328 g/mol. The van der Waals surface area contributed by atoms with Crippen molar-refractivity contribution in [1.29, 1.82) is 0 Å². The van der Waals surface area contributed by atoms with Gasteiger partial charge in [-0.3, -0.25) is 9.59 Å². The van der Waals surface area contributed by atoms with Gasteiger partial charge in [-0.2, -0.15) is 0 Å². The fourth-order valence-electron chi connectivity index (χ4n) is 2.35. The third-order valence-corrected chi connectivity index (χ3v) is 3.83. The molecule has 0 saturated carbocycles. The lowest BCUT2D eigenvalue weighted by atomic mass is 10.1. The summed E-state index contributed by atoms with van der Waals surface area (Å²) in [7, 11) is 0. The summed E-state index contributed by atoms with van der Waals surface area (Å²) in [5.74, 6) is -0.520. The van der Waals surface area contributed by atoms with Crippen molar-refractivity contribution in [3.8, 4) is 0 Å². The number of unbranched alkanes of at least 4 members (excludes halogenated alkanes) is 8. The standard InChI is InChI=1S/C19H36O4/c1-4-7-9-11-13-15-17(20)22-19(6-3)23-18(21)16-14-12-10-8-5-2/h19H,4-16H2,1-3H3. The molecule has 0 atom stereocenters. The maximum Gasteiger partial charge on any atom is 0.308 e. The van der Waals surface area contributed by atoms with Crippen molar-refractivity contribution >= 4 is 11.9 Å². The summed E-state index contributed by atoms with van der Waals surface area (Å²) >= 11 is 0.